The molecule has 0 fully saturated rings. The fourth-order valence-electron chi connectivity index (χ4n) is 4.11. The number of nitrogens with zero attached hydrogens (tertiary/aromatic N) is 2. The first-order valence-electron chi connectivity index (χ1n) is 13.1. The molecule has 0 radical (unpaired) electrons. The van der Waals surface area contributed by atoms with Crippen molar-refractivity contribution >= 4 is 50.1 Å². The lowest BCUT2D eigenvalue weighted by molar-refractivity contribution is -0.140. The molecule has 0 heterocycles. The summed E-state index contributed by atoms with van der Waals surface area (Å²) in [6.07, 6.45) is 1.14. The van der Waals surface area contributed by atoms with Gasteiger partial charge in [-0.05, 0) is 91.2 Å². The van der Waals surface area contributed by atoms with E-state index in [1.807, 2.05) is 52.0 Å². The summed E-state index contributed by atoms with van der Waals surface area (Å²) in [5.74, 6) is -0.709. The number of hydrogen-bond donors (Lipinski definition) is 1. The average molecular weight is 662 g/mol. The van der Waals surface area contributed by atoms with Crippen molar-refractivity contribution in [3.8, 4) is 0 Å². The zero-order valence-electron chi connectivity index (χ0n) is 22.8. The van der Waals surface area contributed by atoms with E-state index in [2.05, 4.69) is 27.9 Å². The van der Waals surface area contributed by atoms with E-state index in [9.17, 15) is 18.0 Å². The summed E-state index contributed by atoms with van der Waals surface area (Å²) in [4.78, 5) is 28.9. The second-order valence-electron chi connectivity index (χ2n) is 9.55. The molecule has 3 rings (SSSR count). The van der Waals surface area contributed by atoms with Crippen LogP contribution in [0.3, 0.4) is 0 Å². The van der Waals surface area contributed by atoms with Crippen LogP contribution in [0.15, 0.2) is 83.8 Å². The normalized spacial score (nSPS) is 12.8. The summed E-state index contributed by atoms with van der Waals surface area (Å²) in [5.41, 5.74) is 2.31. The first-order chi connectivity index (χ1) is 18.6. The van der Waals surface area contributed by atoms with E-state index >= 15 is 0 Å². The lowest BCUT2D eigenvalue weighted by Crippen LogP contribution is -2.53. The number of benzene rings is 3. The molecule has 2 atom stereocenters. The maximum Gasteiger partial charge on any atom is 0.264 e. The van der Waals surface area contributed by atoms with Crippen molar-refractivity contribution in [2.24, 2.45) is 0 Å². The van der Waals surface area contributed by atoms with Crippen molar-refractivity contribution in [3.63, 3.8) is 0 Å². The van der Waals surface area contributed by atoms with Crippen LogP contribution in [-0.4, -0.2) is 43.8 Å². The standard InChI is InChI=1S/C30H36IN3O4S/c1-5-23(4)32-30(36)28(6-2)33(20-24-14-12-22(3)13-15-24)29(35)21-34(26-18-16-25(31)17-19-26)39(37,38)27-10-8-7-9-11-27/h7-19,23,28H,5-6,20-21H2,1-4H3,(H,32,36)/t23-,28-/m1/s1. The lowest BCUT2D eigenvalue weighted by atomic mass is 10.1. The van der Waals surface area contributed by atoms with Gasteiger partial charge >= 0.3 is 0 Å². The van der Waals surface area contributed by atoms with Gasteiger partial charge in [-0.25, -0.2) is 8.42 Å². The Morgan fingerprint density at radius 1 is 0.897 bits per heavy atom. The van der Waals surface area contributed by atoms with Gasteiger partial charge in [-0.3, -0.25) is 13.9 Å². The van der Waals surface area contributed by atoms with Crippen molar-refractivity contribution in [1.82, 2.24) is 10.2 Å². The van der Waals surface area contributed by atoms with Gasteiger partial charge in [0.15, 0.2) is 0 Å². The highest BCUT2D eigenvalue weighted by atomic mass is 127. The van der Waals surface area contributed by atoms with E-state index in [-0.39, 0.29) is 23.4 Å². The van der Waals surface area contributed by atoms with E-state index in [4.69, 9.17) is 0 Å². The summed E-state index contributed by atoms with van der Waals surface area (Å²) in [6.45, 7) is 7.47. The van der Waals surface area contributed by atoms with Gasteiger partial charge in [0.1, 0.15) is 12.6 Å². The van der Waals surface area contributed by atoms with Gasteiger partial charge in [-0.1, -0.05) is 61.9 Å². The molecule has 0 aliphatic carbocycles. The molecular weight excluding hydrogens is 625 g/mol. The predicted molar refractivity (Wildman–Crippen MR) is 164 cm³/mol. The molecule has 1 N–H and O–H groups in total. The number of sulfonamides is 1. The Hall–Kier alpha value is -2.92. The third-order valence-electron chi connectivity index (χ3n) is 6.59. The average Bonchev–Trinajstić information content (AvgIpc) is 2.93. The van der Waals surface area contributed by atoms with Crippen molar-refractivity contribution in [2.75, 3.05) is 10.8 Å². The van der Waals surface area contributed by atoms with Crippen LogP contribution < -0.4 is 9.62 Å². The van der Waals surface area contributed by atoms with Crippen LogP contribution in [0.5, 0.6) is 0 Å². The van der Waals surface area contributed by atoms with Crippen molar-refractivity contribution in [1.29, 1.82) is 0 Å². The minimum absolute atomic E-state index is 0.0513. The van der Waals surface area contributed by atoms with E-state index < -0.39 is 28.5 Å². The first-order valence-corrected chi connectivity index (χ1v) is 15.6. The Morgan fingerprint density at radius 3 is 2.08 bits per heavy atom. The van der Waals surface area contributed by atoms with Gasteiger partial charge in [0.05, 0.1) is 10.6 Å². The SMILES string of the molecule is CC[C@@H](C)NC(=O)[C@@H](CC)N(Cc1ccc(C)cc1)C(=O)CN(c1ccc(I)cc1)S(=O)(=O)c1ccccc1. The third kappa shape index (κ3) is 8.04. The Morgan fingerprint density at radius 2 is 1.51 bits per heavy atom. The van der Waals surface area contributed by atoms with Crippen LogP contribution in [-0.2, 0) is 26.2 Å². The van der Waals surface area contributed by atoms with Crippen LogP contribution in [0.1, 0.15) is 44.7 Å². The molecule has 0 saturated carbocycles. The summed E-state index contributed by atoms with van der Waals surface area (Å²) in [7, 11) is -4.07. The molecule has 208 valence electrons. The lowest BCUT2D eigenvalue weighted by Gasteiger charge is -2.33. The topological polar surface area (TPSA) is 86.8 Å². The molecule has 2 amide bonds. The van der Waals surface area contributed by atoms with Crippen molar-refractivity contribution < 1.29 is 18.0 Å². The van der Waals surface area contributed by atoms with Crippen molar-refractivity contribution in [3.05, 3.63) is 93.6 Å². The smallest absolute Gasteiger partial charge is 0.264 e. The molecule has 3 aromatic carbocycles. The van der Waals surface area contributed by atoms with Crippen LogP contribution in [0.4, 0.5) is 5.69 Å². The fourth-order valence-corrected chi connectivity index (χ4v) is 5.90. The Bertz CT molecular complexity index is 1350. The summed E-state index contributed by atoms with van der Waals surface area (Å²) >= 11 is 2.15. The number of carbonyl (C=O) groups excluding carboxylic acids is 2. The number of nitrogens with one attached hydrogen (secondary N) is 1. The van der Waals surface area contributed by atoms with Crippen LogP contribution >= 0.6 is 22.6 Å². The third-order valence-corrected chi connectivity index (χ3v) is 9.09. The Balaban J connectivity index is 2.03. The molecule has 39 heavy (non-hydrogen) atoms. The number of rotatable bonds is 12. The summed E-state index contributed by atoms with van der Waals surface area (Å²) < 4.78 is 29.7. The monoisotopic (exact) mass is 661 g/mol. The Kier molecular flexibility index (Phi) is 10.9. The van der Waals surface area contributed by atoms with Gasteiger partial charge in [-0.15, -0.1) is 0 Å². The maximum absolute atomic E-state index is 14.0. The zero-order chi connectivity index (χ0) is 28.6. The molecule has 3 aromatic rings. The van der Waals surface area contributed by atoms with Gasteiger partial charge < -0.3 is 10.2 Å². The number of amides is 2. The molecule has 0 bridgehead atoms. The van der Waals surface area contributed by atoms with Crippen molar-refractivity contribution in [2.45, 2.75) is 64.1 Å². The molecule has 0 saturated heterocycles. The van der Waals surface area contributed by atoms with E-state index in [1.165, 1.54) is 17.0 Å². The summed E-state index contributed by atoms with van der Waals surface area (Å²) in [5, 5.41) is 2.99. The van der Waals surface area contributed by atoms with Gasteiger partial charge in [-0.2, -0.15) is 0 Å². The minimum atomic E-state index is -4.07. The molecule has 0 aromatic heterocycles. The number of anilines is 1. The zero-order valence-corrected chi connectivity index (χ0v) is 25.8. The quantitative estimate of drug-likeness (QED) is 0.259. The number of halogens is 1. The fraction of sp³-hybridized carbons (Fsp3) is 0.333. The Labute approximate surface area is 245 Å². The molecule has 7 nitrogen and oxygen atoms in total. The second-order valence-corrected chi connectivity index (χ2v) is 12.7. The highest BCUT2D eigenvalue weighted by molar-refractivity contribution is 14.1. The van der Waals surface area contributed by atoms with E-state index in [0.717, 1.165) is 25.4 Å². The summed E-state index contributed by atoms with van der Waals surface area (Å²) in [6, 6.07) is 22.0. The van der Waals surface area contributed by atoms with Crippen LogP contribution in [0.25, 0.3) is 0 Å². The van der Waals surface area contributed by atoms with Gasteiger partial charge in [0.25, 0.3) is 10.0 Å². The molecule has 0 aliphatic heterocycles. The molecule has 9 heteroatoms. The van der Waals surface area contributed by atoms with Gasteiger partial charge in [0.2, 0.25) is 11.8 Å². The second kappa shape index (κ2) is 13.9. The number of aryl methyl sites for hydroxylation is 1. The first kappa shape index (κ1) is 30.6. The molecule has 0 spiro atoms. The predicted octanol–water partition coefficient (Wildman–Crippen LogP) is 5.52. The van der Waals surface area contributed by atoms with Gasteiger partial charge in [0, 0.05) is 16.2 Å². The highest BCUT2D eigenvalue weighted by Gasteiger charge is 2.33. The van der Waals surface area contributed by atoms with E-state index in [0.29, 0.717) is 12.1 Å². The molecule has 0 aliphatic rings. The minimum Gasteiger partial charge on any atom is -0.352 e. The largest absolute Gasteiger partial charge is 0.352 e. The van der Waals surface area contributed by atoms with E-state index in [1.54, 1.807) is 42.5 Å². The number of hydrogen-bond acceptors (Lipinski definition) is 4. The number of carbonyl (C=O) groups is 2. The highest BCUT2D eigenvalue weighted by Crippen LogP contribution is 2.25. The van der Waals surface area contributed by atoms with Crippen LogP contribution in [0.2, 0.25) is 0 Å². The molecular formula is C30H36IN3O4S. The maximum atomic E-state index is 14.0. The molecule has 0 unspecified atom stereocenters. The van der Waals surface area contributed by atoms with Crippen LogP contribution in [0, 0.1) is 10.5 Å².